The standard InChI is InChI=1S/C15H30N2O/c1-14(15-6-4-2-3-5-7-15)16-8-9-17-10-12-18-13-11-17/h14-16H,2-13H2,1H3/t14-/m1/s1. The molecule has 2 rings (SSSR count). The van der Waals surface area contributed by atoms with Crippen LogP contribution in [0, 0.1) is 5.92 Å². The molecule has 0 unspecified atom stereocenters. The molecule has 1 atom stereocenters. The number of rotatable bonds is 5. The molecule has 1 saturated carbocycles. The molecular formula is C15H30N2O. The van der Waals surface area contributed by atoms with Gasteiger partial charge in [-0.3, -0.25) is 4.90 Å². The Hall–Kier alpha value is -0.120. The van der Waals surface area contributed by atoms with Crippen molar-refractivity contribution in [3.05, 3.63) is 0 Å². The lowest BCUT2D eigenvalue weighted by Gasteiger charge is -2.29. The third kappa shape index (κ3) is 4.87. The van der Waals surface area contributed by atoms with Crippen LogP contribution in [0.2, 0.25) is 0 Å². The van der Waals surface area contributed by atoms with Crippen LogP contribution in [0.1, 0.15) is 45.4 Å². The Morgan fingerprint density at radius 1 is 1.11 bits per heavy atom. The number of hydrogen-bond acceptors (Lipinski definition) is 3. The maximum absolute atomic E-state index is 5.37. The van der Waals surface area contributed by atoms with E-state index in [2.05, 4.69) is 17.1 Å². The summed E-state index contributed by atoms with van der Waals surface area (Å²) in [6, 6.07) is 0.698. The molecule has 0 aromatic heterocycles. The van der Waals surface area contributed by atoms with E-state index in [1.165, 1.54) is 45.1 Å². The zero-order valence-corrected chi connectivity index (χ0v) is 12.0. The van der Waals surface area contributed by atoms with Gasteiger partial charge in [-0.1, -0.05) is 25.7 Å². The number of nitrogens with zero attached hydrogens (tertiary/aromatic N) is 1. The first-order chi connectivity index (χ1) is 8.86. The summed E-state index contributed by atoms with van der Waals surface area (Å²) in [6.45, 7) is 8.75. The smallest absolute Gasteiger partial charge is 0.0594 e. The molecule has 1 heterocycles. The maximum Gasteiger partial charge on any atom is 0.0594 e. The average molecular weight is 254 g/mol. The van der Waals surface area contributed by atoms with Crippen molar-refractivity contribution in [3.8, 4) is 0 Å². The van der Waals surface area contributed by atoms with Gasteiger partial charge in [0.05, 0.1) is 13.2 Å². The minimum atomic E-state index is 0.698. The molecule has 1 saturated heterocycles. The van der Waals surface area contributed by atoms with Crippen LogP contribution >= 0.6 is 0 Å². The number of ether oxygens (including phenoxy) is 1. The van der Waals surface area contributed by atoms with Gasteiger partial charge in [0, 0.05) is 32.2 Å². The third-order valence-electron chi connectivity index (χ3n) is 4.60. The Labute approximate surface area is 112 Å². The van der Waals surface area contributed by atoms with Crippen LogP contribution < -0.4 is 5.32 Å². The fourth-order valence-corrected chi connectivity index (χ4v) is 3.25. The second kappa shape index (κ2) is 8.13. The van der Waals surface area contributed by atoms with E-state index in [0.29, 0.717) is 6.04 Å². The second-order valence-corrected chi connectivity index (χ2v) is 5.95. The fourth-order valence-electron chi connectivity index (χ4n) is 3.25. The van der Waals surface area contributed by atoms with Gasteiger partial charge in [-0.25, -0.2) is 0 Å². The minimum absolute atomic E-state index is 0.698. The summed E-state index contributed by atoms with van der Waals surface area (Å²) >= 11 is 0. The Morgan fingerprint density at radius 3 is 2.44 bits per heavy atom. The van der Waals surface area contributed by atoms with E-state index in [4.69, 9.17) is 4.74 Å². The molecule has 2 fully saturated rings. The van der Waals surface area contributed by atoms with Crippen molar-refractivity contribution >= 4 is 0 Å². The molecule has 106 valence electrons. The lowest BCUT2D eigenvalue weighted by atomic mass is 9.93. The normalized spacial score (nSPS) is 25.8. The Morgan fingerprint density at radius 2 is 1.78 bits per heavy atom. The van der Waals surface area contributed by atoms with E-state index in [9.17, 15) is 0 Å². The first kappa shape index (κ1) is 14.3. The van der Waals surface area contributed by atoms with Crippen LogP contribution in [-0.4, -0.2) is 50.3 Å². The second-order valence-electron chi connectivity index (χ2n) is 5.95. The minimum Gasteiger partial charge on any atom is -0.379 e. The van der Waals surface area contributed by atoms with Gasteiger partial charge < -0.3 is 10.1 Å². The van der Waals surface area contributed by atoms with Gasteiger partial charge in [0.25, 0.3) is 0 Å². The molecule has 0 bridgehead atoms. The first-order valence-electron chi connectivity index (χ1n) is 7.90. The molecule has 1 aliphatic carbocycles. The van der Waals surface area contributed by atoms with Crippen molar-refractivity contribution in [3.63, 3.8) is 0 Å². The van der Waals surface area contributed by atoms with Crippen molar-refractivity contribution < 1.29 is 4.74 Å². The van der Waals surface area contributed by atoms with Crippen LogP contribution in [0.15, 0.2) is 0 Å². The molecule has 1 N–H and O–H groups in total. The molecule has 0 aromatic rings. The molecule has 3 nitrogen and oxygen atoms in total. The molecule has 3 heteroatoms. The van der Waals surface area contributed by atoms with Gasteiger partial charge in [0.15, 0.2) is 0 Å². The predicted octanol–water partition coefficient (Wildman–Crippen LogP) is 2.27. The molecule has 2 aliphatic rings. The summed E-state index contributed by atoms with van der Waals surface area (Å²) < 4.78 is 5.37. The van der Waals surface area contributed by atoms with Crippen molar-refractivity contribution in [1.82, 2.24) is 10.2 Å². The van der Waals surface area contributed by atoms with Crippen LogP contribution in [0.25, 0.3) is 0 Å². The number of hydrogen-bond donors (Lipinski definition) is 1. The van der Waals surface area contributed by atoms with Crippen LogP contribution in [-0.2, 0) is 4.74 Å². The Balaban J connectivity index is 1.59. The van der Waals surface area contributed by atoms with E-state index in [0.717, 1.165) is 38.8 Å². The quantitative estimate of drug-likeness (QED) is 0.762. The molecule has 0 aromatic carbocycles. The largest absolute Gasteiger partial charge is 0.379 e. The summed E-state index contributed by atoms with van der Waals surface area (Å²) in [5, 5.41) is 3.74. The molecular weight excluding hydrogens is 224 g/mol. The summed E-state index contributed by atoms with van der Waals surface area (Å²) in [4.78, 5) is 2.51. The summed E-state index contributed by atoms with van der Waals surface area (Å²) in [5.74, 6) is 0.914. The van der Waals surface area contributed by atoms with Gasteiger partial charge in [-0.15, -0.1) is 0 Å². The topological polar surface area (TPSA) is 24.5 Å². The van der Waals surface area contributed by atoms with Crippen LogP contribution in [0.5, 0.6) is 0 Å². The highest BCUT2D eigenvalue weighted by Crippen LogP contribution is 2.25. The highest BCUT2D eigenvalue weighted by Gasteiger charge is 2.18. The van der Waals surface area contributed by atoms with Gasteiger partial charge >= 0.3 is 0 Å². The summed E-state index contributed by atoms with van der Waals surface area (Å²) in [7, 11) is 0. The number of nitrogens with one attached hydrogen (secondary N) is 1. The average Bonchev–Trinajstić information content (AvgIpc) is 2.69. The Bertz CT molecular complexity index is 209. The first-order valence-corrected chi connectivity index (χ1v) is 7.90. The SMILES string of the molecule is C[C@@H](NCCN1CCOCC1)C1CCCCCC1. The van der Waals surface area contributed by atoms with Gasteiger partial charge in [-0.05, 0) is 25.7 Å². The van der Waals surface area contributed by atoms with E-state index < -0.39 is 0 Å². The highest BCUT2D eigenvalue weighted by atomic mass is 16.5. The Kier molecular flexibility index (Phi) is 6.46. The van der Waals surface area contributed by atoms with Crippen molar-refractivity contribution in [2.45, 2.75) is 51.5 Å². The summed E-state index contributed by atoms with van der Waals surface area (Å²) in [5.41, 5.74) is 0. The molecule has 0 amide bonds. The van der Waals surface area contributed by atoms with Gasteiger partial charge in [0.1, 0.15) is 0 Å². The van der Waals surface area contributed by atoms with Crippen molar-refractivity contribution in [2.24, 2.45) is 5.92 Å². The summed E-state index contributed by atoms with van der Waals surface area (Å²) in [6.07, 6.45) is 8.67. The molecule has 1 aliphatic heterocycles. The van der Waals surface area contributed by atoms with Crippen LogP contribution in [0.3, 0.4) is 0 Å². The molecule has 0 spiro atoms. The lowest BCUT2D eigenvalue weighted by Crippen LogP contribution is -2.43. The van der Waals surface area contributed by atoms with E-state index in [1.54, 1.807) is 0 Å². The monoisotopic (exact) mass is 254 g/mol. The van der Waals surface area contributed by atoms with Gasteiger partial charge in [-0.2, -0.15) is 0 Å². The van der Waals surface area contributed by atoms with Crippen molar-refractivity contribution in [1.29, 1.82) is 0 Å². The van der Waals surface area contributed by atoms with E-state index in [-0.39, 0.29) is 0 Å². The zero-order chi connectivity index (χ0) is 12.6. The van der Waals surface area contributed by atoms with E-state index in [1.807, 2.05) is 0 Å². The third-order valence-corrected chi connectivity index (χ3v) is 4.60. The number of morpholine rings is 1. The fraction of sp³-hybridized carbons (Fsp3) is 1.00. The van der Waals surface area contributed by atoms with Gasteiger partial charge in [0.2, 0.25) is 0 Å². The lowest BCUT2D eigenvalue weighted by molar-refractivity contribution is 0.0379. The molecule has 18 heavy (non-hydrogen) atoms. The molecule has 0 radical (unpaired) electrons. The van der Waals surface area contributed by atoms with E-state index >= 15 is 0 Å². The zero-order valence-electron chi connectivity index (χ0n) is 12.0. The van der Waals surface area contributed by atoms with Crippen LogP contribution in [0.4, 0.5) is 0 Å². The maximum atomic E-state index is 5.37. The predicted molar refractivity (Wildman–Crippen MR) is 75.9 cm³/mol. The highest BCUT2D eigenvalue weighted by molar-refractivity contribution is 4.75. The van der Waals surface area contributed by atoms with Crippen molar-refractivity contribution in [2.75, 3.05) is 39.4 Å².